The maximum Gasteiger partial charge on any atom is 0.225 e. The first kappa shape index (κ1) is 15.2. The fourth-order valence-electron chi connectivity index (χ4n) is 3.66. The van der Waals surface area contributed by atoms with Crippen molar-refractivity contribution in [3.63, 3.8) is 0 Å². The van der Waals surface area contributed by atoms with E-state index in [0.29, 0.717) is 25.5 Å². The van der Waals surface area contributed by atoms with E-state index in [9.17, 15) is 8.78 Å². The van der Waals surface area contributed by atoms with Crippen molar-refractivity contribution in [2.24, 2.45) is 0 Å². The molecule has 0 saturated carbocycles. The molecule has 1 aliphatic rings. The minimum Gasteiger partial charge on any atom is -0.338 e. The Morgan fingerprint density at radius 3 is 2.88 bits per heavy atom. The molecule has 1 saturated heterocycles. The van der Waals surface area contributed by atoms with E-state index in [1.165, 1.54) is 12.1 Å². The molecule has 132 valence electrons. The average molecular weight is 354 g/mol. The summed E-state index contributed by atoms with van der Waals surface area (Å²) in [5, 5.41) is 7.77. The first-order chi connectivity index (χ1) is 12.6. The van der Waals surface area contributed by atoms with Gasteiger partial charge in [0, 0.05) is 11.9 Å². The predicted molar refractivity (Wildman–Crippen MR) is 94.9 cm³/mol. The number of halogens is 2. The zero-order valence-corrected chi connectivity index (χ0v) is 14.1. The highest BCUT2D eigenvalue weighted by Gasteiger charge is 2.24. The highest BCUT2D eigenvalue weighted by molar-refractivity contribution is 6.06. The molecule has 1 fully saturated rings. The van der Waals surface area contributed by atoms with E-state index in [1.807, 2.05) is 16.4 Å². The molecule has 1 atom stereocenters. The summed E-state index contributed by atoms with van der Waals surface area (Å²) in [6.45, 7) is 2.85. The molecule has 3 aromatic heterocycles. The van der Waals surface area contributed by atoms with Gasteiger partial charge in [-0.15, -0.1) is 0 Å². The summed E-state index contributed by atoms with van der Waals surface area (Å²) < 4.78 is 29.1. The van der Waals surface area contributed by atoms with Crippen LogP contribution >= 0.6 is 0 Å². The lowest BCUT2D eigenvalue weighted by Crippen LogP contribution is -2.23. The third-order valence-electron chi connectivity index (χ3n) is 4.92. The maximum atomic E-state index is 13.7. The van der Waals surface area contributed by atoms with Crippen LogP contribution in [0.5, 0.6) is 0 Å². The molecule has 8 heteroatoms. The van der Waals surface area contributed by atoms with Crippen LogP contribution in [-0.2, 0) is 0 Å². The number of aryl methyl sites for hydroxylation is 1. The van der Waals surface area contributed by atoms with Gasteiger partial charge in [-0.2, -0.15) is 5.10 Å². The number of aromatic nitrogens is 5. The molecule has 4 aromatic rings. The van der Waals surface area contributed by atoms with Crippen molar-refractivity contribution >= 4 is 27.9 Å². The van der Waals surface area contributed by atoms with Crippen LogP contribution in [0, 0.1) is 12.7 Å². The fraction of sp³-hybridized carbons (Fsp3) is 0.278. The topological polar surface area (TPSA) is 62.6 Å². The van der Waals surface area contributed by atoms with Gasteiger partial charge in [-0.25, -0.2) is 18.7 Å². The van der Waals surface area contributed by atoms with Crippen molar-refractivity contribution < 1.29 is 8.78 Å². The zero-order chi connectivity index (χ0) is 17.8. The van der Waals surface area contributed by atoms with E-state index in [1.54, 1.807) is 18.5 Å². The third kappa shape index (κ3) is 2.18. The van der Waals surface area contributed by atoms with Crippen LogP contribution in [0.15, 0.2) is 30.6 Å². The summed E-state index contributed by atoms with van der Waals surface area (Å²) in [5.41, 5.74) is 4.00. The molecule has 5 rings (SSSR count). The van der Waals surface area contributed by atoms with E-state index in [4.69, 9.17) is 0 Å². The molecule has 0 unspecified atom stereocenters. The van der Waals surface area contributed by atoms with Gasteiger partial charge in [0.05, 0.1) is 46.9 Å². The van der Waals surface area contributed by atoms with Gasteiger partial charge in [-0.05, 0) is 31.5 Å². The molecule has 4 heterocycles. The number of hydrogen-bond donors (Lipinski definition) is 1. The number of benzene rings is 1. The number of rotatable bonds is 2. The zero-order valence-electron chi connectivity index (χ0n) is 14.1. The SMILES string of the molecule is Cc1nc(N2CC[C@@H](F)C2)ncc1-n1c2ccc(F)cc2c2[nH]ncc21. The Kier molecular flexibility index (Phi) is 3.22. The van der Waals surface area contributed by atoms with Crippen molar-refractivity contribution in [1.29, 1.82) is 0 Å². The van der Waals surface area contributed by atoms with Crippen LogP contribution < -0.4 is 4.90 Å². The van der Waals surface area contributed by atoms with Gasteiger partial charge in [0.25, 0.3) is 0 Å². The molecule has 0 radical (unpaired) electrons. The summed E-state index contributed by atoms with van der Waals surface area (Å²) >= 11 is 0. The van der Waals surface area contributed by atoms with Crippen molar-refractivity contribution in [2.45, 2.75) is 19.5 Å². The summed E-state index contributed by atoms with van der Waals surface area (Å²) in [6, 6.07) is 4.66. The van der Waals surface area contributed by atoms with E-state index in [2.05, 4.69) is 20.2 Å². The van der Waals surface area contributed by atoms with Gasteiger partial charge < -0.3 is 9.47 Å². The molecular formula is C18H16F2N6. The van der Waals surface area contributed by atoms with Crippen molar-refractivity contribution in [3.05, 3.63) is 42.1 Å². The molecule has 0 aliphatic carbocycles. The Labute approximate surface area is 147 Å². The van der Waals surface area contributed by atoms with E-state index >= 15 is 0 Å². The van der Waals surface area contributed by atoms with E-state index in [0.717, 1.165) is 33.3 Å². The second-order valence-corrected chi connectivity index (χ2v) is 6.60. The van der Waals surface area contributed by atoms with Crippen molar-refractivity contribution in [1.82, 2.24) is 24.7 Å². The second kappa shape index (κ2) is 5.48. The molecule has 6 nitrogen and oxygen atoms in total. The molecule has 1 aliphatic heterocycles. The number of aromatic amines is 1. The Morgan fingerprint density at radius 1 is 1.23 bits per heavy atom. The van der Waals surface area contributed by atoms with Crippen molar-refractivity contribution in [2.75, 3.05) is 18.0 Å². The van der Waals surface area contributed by atoms with Gasteiger partial charge in [0.1, 0.15) is 12.0 Å². The highest BCUT2D eigenvalue weighted by Crippen LogP contribution is 2.32. The Balaban J connectivity index is 1.68. The lowest BCUT2D eigenvalue weighted by Gasteiger charge is -2.17. The normalized spacial score (nSPS) is 17.7. The monoisotopic (exact) mass is 354 g/mol. The first-order valence-electron chi connectivity index (χ1n) is 8.48. The van der Waals surface area contributed by atoms with Gasteiger partial charge in [0.15, 0.2) is 0 Å². The van der Waals surface area contributed by atoms with Crippen LogP contribution in [0.4, 0.5) is 14.7 Å². The predicted octanol–water partition coefficient (Wildman–Crippen LogP) is 3.29. The molecule has 0 bridgehead atoms. The fourth-order valence-corrected chi connectivity index (χ4v) is 3.66. The molecule has 0 spiro atoms. The quantitative estimate of drug-likeness (QED) is 0.600. The number of fused-ring (bicyclic) bond motifs is 3. The second-order valence-electron chi connectivity index (χ2n) is 6.60. The van der Waals surface area contributed by atoms with Gasteiger partial charge >= 0.3 is 0 Å². The molecule has 26 heavy (non-hydrogen) atoms. The number of anilines is 1. The van der Waals surface area contributed by atoms with Crippen LogP contribution in [-0.4, -0.2) is 44.0 Å². The minimum absolute atomic E-state index is 0.302. The number of alkyl halides is 1. The lowest BCUT2D eigenvalue weighted by atomic mass is 10.2. The third-order valence-corrected chi connectivity index (χ3v) is 4.92. The van der Waals surface area contributed by atoms with Crippen LogP contribution in [0.3, 0.4) is 0 Å². The highest BCUT2D eigenvalue weighted by atomic mass is 19.1. The van der Waals surface area contributed by atoms with E-state index in [-0.39, 0.29) is 5.82 Å². The summed E-state index contributed by atoms with van der Waals surface area (Å²) in [4.78, 5) is 10.9. The minimum atomic E-state index is -0.826. The standard InChI is InChI=1S/C18H16F2N6/c1-10-15(7-21-18(23-10)25-5-4-12(20)9-25)26-14-3-2-11(19)6-13(14)17-16(26)8-22-24-17/h2-3,6-8,12H,4-5,9H2,1H3,(H,22,24)/t12-/m1/s1. The number of nitrogens with zero attached hydrogens (tertiary/aromatic N) is 5. The number of H-pyrrole nitrogens is 1. The Bertz CT molecular complexity index is 1130. The molecule has 1 aromatic carbocycles. The largest absolute Gasteiger partial charge is 0.338 e. The molecule has 0 amide bonds. The average Bonchev–Trinajstić information content (AvgIpc) is 3.31. The first-order valence-corrected chi connectivity index (χ1v) is 8.48. The Morgan fingerprint density at radius 2 is 2.12 bits per heavy atom. The number of nitrogens with one attached hydrogen (secondary N) is 1. The van der Waals surface area contributed by atoms with Crippen LogP contribution in [0.1, 0.15) is 12.1 Å². The summed E-state index contributed by atoms with van der Waals surface area (Å²) in [7, 11) is 0. The van der Waals surface area contributed by atoms with Gasteiger partial charge in [0.2, 0.25) is 5.95 Å². The van der Waals surface area contributed by atoms with Crippen LogP contribution in [0.25, 0.3) is 27.6 Å². The summed E-state index contributed by atoms with van der Waals surface area (Å²) in [6.07, 6.45) is 3.12. The van der Waals surface area contributed by atoms with E-state index < -0.39 is 6.17 Å². The molecule has 1 N–H and O–H groups in total. The number of hydrogen-bond acceptors (Lipinski definition) is 4. The van der Waals surface area contributed by atoms with Crippen molar-refractivity contribution in [3.8, 4) is 5.69 Å². The van der Waals surface area contributed by atoms with Gasteiger partial charge in [-0.3, -0.25) is 5.10 Å². The van der Waals surface area contributed by atoms with Gasteiger partial charge in [-0.1, -0.05) is 0 Å². The maximum absolute atomic E-state index is 13.7. The molecular weight excluding hydrogens is 338 g/mol. The van der Waals surface area contributed by atoms with Crippen LogP contribution in [0.2, 0.25) is 0 Å². The Hall–Kier alpha value is -3.03. The lowest BCUT2D eigenvalue weighted by molar-refractivity contribution is 0.364. The smallest absolute Gasteiger partial charge is 0.225 e. The summed E-state index contributed by atoms with van der Waals surface area (Å²) in [5.74, 6) is 0.238.